The summed E-state index contributed by atoms with van der Waals surface area (Å²) in [5.74, 6) is 1.93. The van der Waals surface area contributed by atoms with Crippen LogP contribution in [0.3, 0.4) is 0 Å². The van der Waals surface area contributed by atoms with E-state index in [0.717, 1.165) is 5.76 Å². The van der Waals surface area contributed by atoms with Crippen LogP contribution < -0.4 is 19.7 Å². The van der Waals surface area contributed by atoms with E-state index in [9.17, 15) is 9.59 Å². The van der Waals surface area contributed by atoms with Gasteiger partial charge in [-0.1, -0.05) is 0 Å². The maximum Gasteiger partial charge on any atom is 0.227 e. The minimum atomic E-state index is -0.438. The number of aryl methyl sites for hydroxylation is 1. The third kappa shape index (κ3) is 3.92. The van der Waals surface area contributed by atoms with Gasteiger partial charge in [0.1, 0.15) is 23.0 Å². The maximum atomic E-state index is 12.6. The summed E-state index contributed by atoms with van der Waals surface area (Å²) in [7, 11) is 3.11. The molecule has 1 aliphatic heterocycles. The van der Waals surface area contributed by atoms with Gasteiger partial charge >= 0.3 is 0 Å². The lowest BCUT2D eigenvalue weighted by atomic mass is 10.1. The number of rotatable bonds is 6. The summed E-state index contributed by atoms with van der Waals surface area (Å²) in [5.41, 5.74) is 0.604. The number of carbonyl (C=O) groups excluding carboxylic acids is 2. The van der Waals surface area contributed by atoms with E-state index >= 15 is 0 Å². The largest absolute Gasteiger partial charge is 0.497 e. The molecule has 1 saturated heterocycles. The molecule has 2 unspecified atom stereocenters. The van der Waals surface area contributed by atoms with E-state index in [0.29, 0.717) is 22.9 Å². The van der Waals surface area contributed by atoms with Crippen LogP contribution in [0.1, 0.15) is 30.9 Å². The zero-order chi connectivity index (χ0) is 19.6. The third-order valence-electron chi connectivity index (χ3n) is 4.72. The monoisotopic (exact) mass is 372 g/mol. The molecular weight excluding hydrogens is 348 g/mol. The molecule has 1 fully saturated rings. The lowest BCUT2D eigenvalue weighted by Gasteiger charge is -2.20. The number of hydrogen-bond acceptors (Lipinski definition) is 5. The first kappa shape index (κ1) is 18.8. The van der Waals surface area contributed by atoms with E-state index in [1.807, 2.05) is 26.0 Å². The number of benzene rings is 1. The molecule has 3 rings (SSSR count). The molecule has 1 N–H and O–H groups in total. The van der Waals surface area contributed by atoms with Crippen molar-refractivity contribution in [3.8, 4) is 11.5 Å². The Labute approximate surface area is 158 Å². The lowest BCUT2D eigenvalue weighted by molar-refractivity contribution is -0.127. The SMILES string of the molecule is COc1ccc(OC)c(N2CC(C(=O)NC(C)c3ccc(C)o3)CC2=O)c1. The molecule has 0 saturated carbocycles. The summed E-state index contributed by atoms with van der Waals surface area (Å²) in [5, 5.41) is 2.93. The topological polar surface area (TPSA) is 81.0 Å². The van der Waals surface area contributed by atoms with Gasteiger partial charge in [-0.15, -0.1) is 0 Å². The number of methoxy groups -OCH3 is 2. The van der Waals surface area contributed by atoms with Gasteiger partial charge in [-0.3, -0.25) is 9.59 Å². The molecule has 27 heavy (non-hydrogen) atoms. The van der Waals surface area contributed by atoms with Gasteiger partial charge in [-0.2, -0.15) is 0 Å². The van der Waals surface area contributed by atoms with Gasteiger partial charge in [0, 0.05) is 19.0 Å². The highest BCUT2D eigenvalue weighted by Crippen LogP contribution is 2.36. The van der Waals surface area contributed by atoms with Crippen molar-refractivity contribution in [2.45, 2.75) is 26.3 Å². The van der Waals surface area contributed by atoms with Gasteiger partial charge in [0.2, 0.25) is 11.8 Å². The van der Waals surface area contributed by atoms with Crippen LogP contribution in [0.5, 0.6) is 11.5 Å². The quantitative estimate of drug-likeness (QED) is 0.843. The van der Waals surface area contributed by atoms with Crippen molar-refractivity contribution in [3.05, 3.63) is 41.9 Å². The highest BCUT2D eigenvalue weighted by molar-refractivity contribution is 6.01. The molecule has 0 aliphatic carbocycles. The Balaban J connectivity index is 1.72. The van der Waals surface area contributed by atoms with Crippen LogP contribution in [0, 0.1) is 12.8 Å². The Kier molecular flexibility index (Phi) is 5.39. The second-order valence-corrected chi connectivity index (χ2v) is 6.62. The number of carbonyl (C=O) groups is 2. The number of hydrogen-bond donors (Lipinski definition) is 1. The fourth-order valence-corrected chi connectivity index (χ4v) is 3.21. The van der Waals surface area contributed by atoms with Crippen molar-refractivity contribution in [2.24, 2.45) is 5.92 Å². The van der Waals surface area contributed by atoms with Crippen molar-refractivity contribution in [1.82, 2.24) is 5.32 Å². The molecule has 0 bridgehead atoms. The Morgan fingerprint density at radius 2 is 2.04 bits per heavy atom. The van der Waals surface area contributed by atoms with Crippen LogP contribution in [-0.2, 0) is 9.59 Å². The molecular formula is C20H24N2O5. The summed E-state index contributed by atoms with van der Waals surface area (Å²) >= 11 is 0. The molecule has 0 spiro atoms. The van der Waals surface area contributed by atoms with Crippen molar-refractivity contribution >= 4 is 17.5 Å². The van der Waals surface area contributed by atoms with E-state index in [2.05, 4.69) is 5.32 Å². The van der Waals surface area contributed by atoms with E-state index in [1.54, 1.807) is 37.3 Å². The molecule has 7 nitrogen and oxygen atoms in total. The lowest BCUT2D eigenvalue weighted by Crippen LogP contribution is -2.34. The Morgan fingerprint density at radius 3 is 2.67 bits per heavy atom. The van der Waals surface area contributed by atoms with Gasteiger partial charge in [-0.05, 0) is 38.1 Å². The van der Waals surface area contributed by atoms with Gasteiger partial charge in [0.15, 0.2) is 0 Å². The Bertz CT molecular complexity index is 845. The van der Waals surface area contributed by atoms with Crippen molar-refractivity contribution in [3.63, 3.8) is 0 Å². The summed E-state index contributed by atoms with van der Waals surface area (Å²) in [6, 6.07) is 8.69. The third-order valence-corrected chi connectivity index (χ3v) is 4.72. The van der Waals surface area contributed by atoms with Gasteiger partial charge in [-0.25, -0.2) is 0 Å². The molecule has 2 heterocycles. The predicted octanol–water partition coefficient (Wildman–Crippen LogP) is 2.84. The van der Waals surface area contributed by atoms with Gasteiger partial charge in [0.25, 0.3) is 0 Å². The van der Waals surface area contributed by atoms with E-state index in [1.165, 1.54) is 0 Å². The Hall–Kier alpha value is -2.96. The van der Waals surface area contributed by atoms with Gasteiger partial charge < -0.3 is 24.1 Å². The molecule has 2 amide bonds. The second-order valence-electron chi connectivity index (χ2n) is 6.62. The number of amides is 2. The predicted molar refractivity (Wildman–Crippen MR) is 100 cm³/mol. The van der Waals surface area contributed by atoms with Crippen molar-refractivity contribution in [2.75, 3.05) is 25.7 Å². The summed E-state index contributed by atoms with van der Waals surface area (Å²) in [6.45, 7) is 4.00. The highest BCUT2D eigenvalue weighted by atomic mass is 16.5. The number of ether oxygens (including phenoxy) is 2. The van der Waals surface area contributed by atoms with E-state index in [-0.39, 0.29) is 30.8 Å². The molecule has 2 aromatic rings. The standard InChI is InChI=1S/C20H24N2O5/c1-12-5-7-17(27-12)13(2)21-20(24)14-9-19(23)22(11-14)16-10-15(25-3)6-8-18(16)26-4/h5-8,10,13-14H,9,11H2,1-4H3,(H,21,24). The fraction of sp³-hybridized carbons (Fsp3) is 0.400. The number of furan rings is 1. The van der Waals surface area contributed by atoms with Crippen LogP contribution in [-0.4, -0.2) is 32.6 Å². The number of anilines is 1. The zero-order valence-corrected chi connectivity index (χ0v) is 15.9. The minimum absolute atomic E-state index is 0.122. The van der Waals surface area contributed by atoms with E-state index < -0.39 is 5.92 Å². The molecule has 1 aliphatic rings. The summed E-state index contributed by atoms with van der Waals surface area (Å²) in [4.78, 5) is 26.8. The summed E-state index contributed by atoms with van der Waals surface area (Å²) in [6.07, 6.45) is 0.149. The number of nitrogens with one attached hydrogen (secondary N) is 1. The summed E-state index contributed by atoms with van der Waals surface area (Å²) < 4.78 is 16.2. The molecule has 1 aromatic heterocycles. The van der Waals surface area contributed by atoms with Crippen LogP contribution in [0.2, 0.25) is 0 Å². The van der Waals surface area contributed by atoms with Crippen molar-refractivity contribution < 1.29 is 23.5 Å². The number of nitrogens with zero attached hydrogens (tertiary/aromatic N) is 1. The van der Waals surface area contributed by atoms with Crippen LogP contribution in [0.15, 0.2) is 34.7 Å². The van der Waals surface area contributed by atoms with Crippen molar-refractivity contribution in [1.29, 1.82) is 0 Å². The first-order valence-corrected chi connectivity index (χ1v) is 8.82. The molecule has 2 atom stereocenters. The molecule has 144 valence electrons. The first-order chi connectivity index (χ1) is 12.9. The molecule has 1 aromatic carbocycles. The maximum absolute atomic E-state index is 12.6. The van der Waals surface area contributed by atoms with Crippen LogP contribution >= 0.6 is 0 Å². The van der Waals surface area contributed by atoms with Crippen LogP contribution in [0.25, 0.3) is 0 Å². The smallest absolute Gasteiger partial charge is 0.227 e. The van der Waals surface area contributed by atoms with E-state index in [4.69, 9.17) is 13.9 Å². The highest BCUT2D eigenvalue weighted by Gasteiger charge is 2.37. The average molecular weight is 372 g/mol. The molecule has 0 radical (unpaired) electrons. The first-order valence-electron chi connectivity index (χ1n) is 8.82. The zero-order valence-electron chi connectivity index (χ0n) is 15.9. The normalized spacial score (nSPS) is 17.7. The second kappa shape index (κ2) is 7.73. The minimum Gasteiger partial charge on any atom is -0.497 e. The van der Waals surface area contributed by atoms with Gasteiger partial charge in [0.05, 0.1) is 31.9 Å². The molecule has 7 heteroatoms. The Morgan fingerprint density at radius 1 is 1.26 bits per heavy atom. The van der Waals surface area contributed by atoms with Crippen LogP contribution in [0.4, 0.5) is 5.69 Å². The average Bonchev–Trinajstić information content (AvgIpc) is 3.27. The fourth-order valence-electron chi connectivity index (χ4n) is 3.21.